The molecule has 0 unspecified atom stereocenters. The highest BCUT2D eigenvalue weighted by Crippen LogP contribution is 2.20. The standard InChI is InChI=1S/C13H9F2N3/c14-12-10(6-16)3-4-11(13(12)15)18-8-9-2-1-5-17-7-9/h1-5,7,18H,8H2. The summed E-state index contributed by atoms with van der Waals surface area (Å²) in [5, 5.41) is 11.3. The quantitative estimate of drug-likeness (QED) is 0.904. The van der Waals surface area contributed by atoms with Crippen LogP contribution in [0.25, 0.3) is 0 Å². The third kappa shape index (κ3) is 2.43. The van der Waals surface area contributed by atoms with Crippen molar-refractivity contribution in [3.63, 3.8) is 0 Å². The van der Waals surface area contributed by atoms with Gasteiger partial charge in [0.05, 0.1) is 11.3 Å². The van der Waals surface area contributed by atoms with Crippen LogP contribution in [0.4, 0.5) is 14.5 Å². The first-order chi connectivity index (χ1) is 8.72. The maximum Gasteiger partial charge on any atom is 0.183 e. The van der Waals surface area contributed by atoms with Crippen LogP contribution in [0.5, 0.6) is 0 Å². The largest absolute Gasteiger partial charge is 0.378 e. The van der Waals surface area contributed by atoms with Gasteiger partial charge in [0, 0.05) is 18.9 Å². The number of anilines is 1. The summed E-state index contributed by atoms with van der Waals surface area (Å²) < 4.78 is 26.9. The molecule has 0 saturated heterocycles. The topological polar surface area (TPSA) is 48.7 Å². The number of hydrogen-bond acceptors (Lipinski definition) is 3. The molecule has 0 aliphatic rings. The molecule has 0 radical (unpaired) electrons. The second-order valence-electron chi connectivity index (χ2n) is 3.62. The van der Waals surface area contributed by atoms with Crippen LogP contribution >= 0.6 is 0 Å². The Kier molecular flexibility index (Phi) is 3.49. The van der Waals surface area contributed by atoms with Crippen LogP contribution < -0.4 is 5.32 Å². The van der Waals surface area contributed by atoms with Gasteiger partial charge in [0.1, 0.15) is 6.07 Å². The number of benzene rings is 1. The van der Waals surface area contributed by atoms with Gasteiger partial charge in [0.15, 0.2) is 11.6 Å². The van der Waals surface area contributed by atoms with Gasteiger partial charge in [-0.05, 0) is 23.8 Å². The first-order valence-electron chi connectivity index (χ1n) is 5.23. The van der Waals surface area contributed by atoms with Crippen LogP contribution in [-0.4, -0.2) is 4.98 Å². The second-order valence-corrected chi connectivity index (χ2v) is 3.62. The molecular formula is C13H9F2N3. The van der Waals surface area contributed by atoms with Gasteiger partial charge in [0.25, 0.3) is 0 Å². The summed E-state index contributed by atoms with van der Waals surface area (Å²) >= 11 is 0. The first-order valence-corrected chi connectivity index (χ1v) is 5.23. The molecule has 0 atom stereocenters. The maximum absolute atomic E-state index is 13.5. The maximum atomic E-state index is 13.5. The Labute approximate surface area is 103 Å². The average molecular weight is 245 g/mol. The van der Waals surface area contributed by atoms with Gasteiger partial charge in [0.2, 0.25) is 0 Å². The average Bonchev–Trinajstić information content (AvgIpc) is 2.42. The van der Waals surface area contributed by atoms with Crippen molar-refractivity contribution in [1.82, 2.24) is 4.98 Å². The van der Waals surface area contributed by atoms with E-state index in [1.807, 2.05) is 6.07 Å². The molecule has 3 nitrogen and oxygen atoms in total. The lowest BCUT2D eigenvalue weighted by molar-refractivity contribution is 0.508. The lowest BCUT2D eigenvalue weighted by Gasteiger charge is -2.08. The van der Waals surface area contributed by atoms with E-state index in [1.54, 1.807) is 24.5 Å². The SMILES string of the molecule is N#Cc1ccc(NCc2cccnc2)c(F)c1F. The number of aromatic nitrogens is 1. The monoisotopic (exact) mass is 245 g/mol. The fraction of sp³-hybridized carbons (Fsp3) is 0.0769. The van der Waals surface area contributed by atoms with Crippen molar-refractivity contribution in [1.29, 1.82) is 5.26 Å². The molecule has 1 N–H and O–H groups in total. The van der Waals surface area contributed by atoms with Crippen LogP contribution in [0.3, 0.4) is 0 Å². The Morgan fingerprint density at radius 2 is 2.06 bits per heavy atom. The Morgan fingerprint density at radius 3 is 2.72 bits per heavy atom. The highest BCUT2D eigenvalue weighted by atomic mass is 19.2. The van der Waals surface area contributed by atoms with Gasteiger partial charge in [-0.1, -0.05) is 6.07 Å². The van der Waals surface area contributed by atoms with Crippen molar-refractivity contribution in [3.05, 3.63) is 59.4 Å². The van der Waals surface area contributed by atoms with Gasteiger partial charge in [-0.3, -0.25) is 4.98 Å². The van der Waals surface area contributed by atoms with Gasteiger partial charge in [-0.15, -0.1) is 0 Å². The molecule has 1 aromatic heterocycles. The van der Waals surface area contributed by atoms with Crippen molar-refractivity contribution in [2.75, 3.05) is 5.32 Å². The molecular weight excluding hydrogens is 236 g/mol. The Bertz CT molecular complexity index is 591. The molecule has 5 heteroatoms. The molecule has 2 aromatic rings. The summed E-state index contributed by atoms with van der Waals surface area (Å²) in [5.74, 6) is -2.17. The van der Waals surface area contributed by atoms with E-state index in [1.165, 1.54) is 12.1 Å². The van der Waals surface area contributed by atoms with Crippen molar-refractivity contribution >= 4 is 5.69 Å². The summed E-state index contributed by atoms with van der Waals surface area (Å²) in [7, 11) is 0. The fourth-order valence-electron chi connectivity index (χ4n) is 1.47. The lowest BCUT2D eigenvalue weighted by Crippen LogP contribution is -2.04. The van der Waals surface area contributed by atoms with E-state index in [-0.39, 0.29) is 11.3 Å². The number of nitrogens with one attached hydrogen (secondary N) is 1. The second kappa shape index (κ2) is 5.23. The minimum Gasteiger partial charge on any atom is -0.378 e. The summed E-state index contributed by atoms with van der Waals surface area (Å²) in [6.45, 7) is 0.329. The highest BCUT2D eigenvalue weighted by molar-refractivity contribution is 5.50. The van der Waals surface area contributed by atoms with Crippen molar-refractivity contribution in [3.8, 4) is 6.07 Å². The third-order valence-corrected chi connectivity index (χ3v) is 2.41. The lowest BCUT2D eigenvalue weighted by atomic mass is 10.2. The normalized spacial score (nSPS) is 9.83. The third-order valence-electron chi connectivity index (χ3n) is 2.41. The predicted molar refractivity (Wildman–Crippen MR) is 62.6 cm³/mol. The minimum atomic E-state index is -1.13. The van der Waals surface area contributed by atoms with Crippen LogP contribution in [0.15, 0.2) is 36.7 Å². The summed E-state index contributed by atoms with van der Waals surface area (Å²) in [6.07, 6.45) is 3.26. The molecule has 18 heavy (non-hydrogen) atoms. The van der Waals surface area contributed by atoms with E-state index in [4.69, 9.17) is 5.26 Å². The van der Waals surface area contributed by atoms with Crippen LogP contribution in [0, 0.1) is 23.0 Å². The van der Waals surface area contributed by atoms with Crippen molar-refractivity contribution in [2.24, 2.45) is 0 Å². The van der Waals surface area contributed by atoms with Crippen molar-refractivity contribution in [2.45, 2.75) is 6.54 Å². The predicted octanol–water partition coefficient (Wildman–Crippen LogP) is 2.84. The number of hydrogen-bond donors (Lipinski definition) is 1. The molecule has 90 valence electrons. The molecule has 1 aromatic carbocycles. The van der Waals surface area contributed by atoms with E-state index in [0.29, 0.717) is 6.54 Å². The molecule has 0 spiro atoms. The van der Waals surface area contributed by atoms with Gasteiger partial charge >= 0.3 is 0 Å². The van der Waals surface area contributed by atoms with Crippen LogP contribution in [0.1, 0.15) is 11.1 Å². The molecule has 0 bridgehead atoms. The smallest absolute Gasteiger partial charge is 0.183 e. The van der Waals surface area contributed by atoms with Crippen molar-refractivity contribution < 1.29 is 8.78 Å². The van der Waals surface area contributed by atoms with Gasteiger partial charge < -0.3 is 5.32 Å². The Balaban J connectivity index is 2.16. The number of nitriles is 1. The summed E-state index contributed by atoms with van der Waals surface area (Å²) in [5.41, 5.74) is 0.566. The number of nitrogens with zero attached hydrogens (tertiary/aromatic N) is 2. The molecule has 0 saturated carbocycles. The molecule has 0 aliphatic carbocycles. The van der Waals surface area contributed by atoms with E-state index < -0.39 is 11.6 Å². The van der Waals surface area contributed by atoms with E-state index in [0.717, 1.165) is 5.56 Å². The fourth-order valence-corrected chi connectivity index (χ4v) is 1.47. The summed E-state index contributed by atoms with van der Waals surface area (Å²) in [6, 6.07) is 7.74. The highest BCUT2D eigenvalue weighted by Gasteiger charge is 2.12. The molecule has 0 amide bonds. The number of rotatable bonds is 3. The molecule has 0 fully saturated rings. The van der Waals surface area contributed by atoms with E-state index in [2.05, 4.69) is 10.3 Å². The minimum absolute atomic E-state index is 0.0235. The van der Waals surface area contributed by atoms with Gasteiger partial charge in [-0.25, -0.2) is 8.78 Å². The Morgan fingerprint density at radius 1 is 1.22 bits per heavy atom. The number of pyridine rings is 1. The van der Waals surface area contributed by atoms with Crippen LogP contribution in [0.2, 0.25) is 0 Å². The summed E-state index contributed by atoms with van der Waals surface area (Å²) in [4.78, 5) is 3.91. The molecule has 2 rings (SSSR count). The van der Waals surface area contributed by atoms with E-state index >= 15 is 0 Å². The number of halogens is 2. The zero-order chi connectivity index (χ0) is 13.0. The first kappa shape index (κ1) is 12.0. The van der Waals surface area contributed by atoms with E-state index in [9.17, 15) is 8.78 Å². The zero-order valence-corrected chi connectivity index (χ0v) is 9.32. The van der Waals surface area contributed by atoms with Crippen LogP contribution in [-0.2, 0) is 6.54 Å². The molecule has 1 heterocycles. The molecule has 0 aliphatic heterocycles. The zero-order valence-electron chi connectivity index (χ0n) is 9.32. The van der Waals surface area contributed by atoms with Gasteiger partial charge in [-0.2, -0.15) is 5.26 Å². The Hall–Kier alpha value is -2.48.